The van der Waals surface area contributed by atoms with Crippen LogP contribution in [0.15, 0.2) is 65.7 Å². The molecule has 0 saturated carbocycles. The first kappa shape index (κ1) is 34.1. The lowest BCUT2D eigenvalue weighted by molar-refractivity contribution is -0.137. The summed E-state index contributed by atoms with van der Waals surface area (Å²) in [7, 11) is -5.63. The van der Waals surface area contributed by atoms with Crippen molar-refractivity contribution in [1.29, 1.82) is 0 Å². The van der Waals surface area contributed by atoms with E-state index in [0.29, 0.717) is 43.9 Å². The topological polar surface area (TPSA) is 91.8 Å². The number of halogens is 3. The Kier molecular flexibility index (Phi) is 9.44. The van der Waals surface area contributed by atoms with Gasteiger partial charge in [0.25, 0.3) is 5.91 Å². The van der Waals surface area contributed by atoms with Gasteiger partial charge in [0.05, 0.1) is 17.1 Å². The van der Waals surface area contributed by atoms with Crippen molar-refractivity contribution in [3.8, 4) is 11.1 Å². The predicted molar refractivity (Wildman–Crippen MR) is 174 cm³/mol. The fraction of sp³-hybridized carbons (Fsp3) is 0.455. The number of hydrogen-bond donors (Lipinski definition) is 1. The van der Waals surface area contributed by atoms with Gasteiger partial charge in [-0.2, -0.15) is 17.5 Å². The van der Waals surface area contributed by atoms with Gasteiger partial charge in [0.2, 0.25) is 10.0 Å². The molecule has 1 N–H and O–H groups in total. The first-order chi connectivity index (χ1) is 21.5. The van der Waals surface area contributed by atoms with E-state index in [1.54, 1.807) is 24.3 Å². The van der Waals surface area contributed by atoms with Crippen LogP contribution >= 0.6 is 0 Å². The number of piperidine rings is 1. The number of nitrogens with one attached hydrogen (secondary N) is 1. The number of pyridine rings is 1. The van der Waals surface area contributed by atoms with Gasteiger partial charge in [-0.15, -0.1) is 0 Å². The van der Waals surface area contributed by atoms with Crippen LogP contribution in [-0.2, 0) is 27.2 Å². The first-order valence-electron chi connectivity index (χ1n) is 15.4. The van der Waals surface area contributed by atoms with E-state index >= 15 is 0 Å². The fourth-order valence-electron chi connectivity index (χ4n) is 5.43. The molecule has 0 atom stereocenters. The summed E-state index contributed by atoms with van der Waals surface area (Å²) < 4.78 is 72.9. The Bertz CT molecular complexity index is 1670. The SMILES string of the molecule is CC(C)(C)[Si](C)(C)OCCN1Cc2cc(-c3ccc(S(=O)(=O)N4CCC(Nc5ccc(C(F)(F)F)cn5)CC4)cc3)ccc2C1=O. The molecule has 0 aliphatic carbocycles. The number of nitrogens with zero attached hydrogens (tertiary/aromatic N) is 3. The third-order valence-electron chi connectivity index (χ3n) is 9.34. The summed E-state index contributed by atoms with van der Waals surface area (Å²) in [5, 5.41) is 3.21. The summed E-state index contributed by atoms with van der Waals surface area (Å²) >= 11 is 0. The van der Waals surface area contributed by atoms with Crippen LogP contribution in [0.3, 0.4) is 0 Å². The minimum absolute atomic E-state index is 0.00332. The van der Waals surface area contributed by atoms with Crippen molar-refractivity contribution in [2.75, 3.05) is 31.6 Å². The summed E-state index contributed by atoms with van der Waals surface area (Å²) in [5.41, 5.74) is 2.55. The Balaban J connectivity index is 1.17. The molecule has 0 unspecified atom stereocenters. The Morgan fingerprint density at radius 3 is 2.22 bits per heavy atom. The molecular weight excluding hydrogens is 634 g/mol. The number of benzene rings is 2. The second-order valence-corrected chi connectivity index (χ2v) is 20.2. The number of rotatable bonds is 9. The number of hydrogen-bond acceptors (Lipinski definition) is 6. The second-order valence-electron chi connectivity index (χ2n) is 13.5. The normalized spacial score (nSPS) is 17.0. The molecule has 1 saturated heterocycles. The number of amides is 1. The lowest BCUT2D eigenvalue weighted by atomic mass is 10.0. The van der Waals surface area contributed by atoms with Crippen LogP contribution in [0.2, 0.25) is 18.1 Å². The van der Waals surface area contributed by atoms with Gasteiger partial charge in [0, 0.05) is 44.0 Å². The van der Waals surface area contributed by atoms with Gasteiger partial charge in [0.1, 0.15) is 5.82 Å². The molecule has 0 bridgehead atoms. The molecule has 13 heteroatoms. The van der Waals surface area contributed by atoms with E-state index in [1.807, 2.05) is 23.1 Å². The largest absolute Gasteiger partial charge is 0.417 e. The van der Waals surface area contributed by atoms with Gasteiger partial charge in [0.15, 0.2) is 8.32 Å². The standard InChI is InChI=1S/C33H41F3N4O4SSi/c1-32(2,3)46(4,5)44-19-18-39-22-25-20-24(8-12-29(25)31(39)41)23-6-10-28(11-7-23)45(42,43)40-16-14-27(15-17-40)38-30-13-9-26(21-37-30)33(34,35)36/h6-13,20-21,27H,14-19,22H2,1-5H3,(H,37,38). The maximum Gasteiger partial charge on any atom is 0.417 e. The van der Waals surface area contributed by atoms with E-state index in [4.69, 9.17) is 4.43 Å². The highest BCUT2D eigenvalue weighted by atomic mass is 32.2. The number of carbonyl (C=O) groups excluding carboxylic acids is 1. The van der Waals surface area contributed by atoms with E-state index < -0.39 is 30.1 Å². The van der Waals surface area contributed by atoms with Gasteiger partial charge in [-0.1, -0.05) is 39.0 Å². The van der Waals surface area contributed by atoms with Crippen molar-refractivity contribution < 1.29 is 30.8 Å². The summed E-state index contributed by atoms with van der Waals surface area (Å²) in [6, 6.07) is 14.6. The van der Waals surface area contributed by atoms with Gasteiger partial charge in [-0.3, -0.25) is 4.79 Å². The van der Waals surface area contributed by atoms with Gasteiger partial charge in [-0.25, -0.2) is 13.4 Å². The van der Waals surface area contributed by atoms with Crippen LogP contribution in [0.4, 0.5) is 19.0 Å². The highest BCUT2D eigenvalue weighted by Crippen LogP contribution is 2.37. The lowest BCUT2D eigenvalue weighted by Gasteiger charge is -2.36. The van der Waals surface area contributed by atoms with Crippen LogP contribution in [-0.4, -0.2) is 69.1 Å². The van der Waals surface area contributed by atoms with Gasteiger partial charge >= 0.3 is 6.18 Å². The van der Waals surface area contributed by atoms with Crippen molar-refractivity contribution in [1.82, 2.24) is 14.2 Å². The van der Waals surface area contributed by atoms with E-state index in [0.717, 1.165) is 29.0 Å². The van der Waals surface area contributed by atoms with Crippen molar-refractivity contribution >= 4 is 30.1 Å². The Labute approximate surface area is 270 Å². The van der Waals surface area contributed by atoms with Crippen molar-refractivity contribution in [3.05, 3.63) is 77.5 Å². The third-order valence-corrected chi connectivity index (χ3v) is 15.8. The lowest BCUT2D eigenvalue weighted by Crippen LogP contribution is -2.42. The quantitative estimate of drug-likeness (QED) is 0.246. The molecule has 1 amide bonds. The number of aromatic nitrogens is 1. The van der Waals surface area contributed by atoms with Crippen LogP contribution in [0.5, 0.6) is 0 Å². The molecule has 3 heterocycles. The highest BCUT2D eigenvalue weighted by molar-refractivity contribution is 7.89. The summed E-state index contributed by atoms with van der Waals surface area (Å²) in [5.74, 6) is 0.320. The monoisotopic (exact) mass is 674 g/mol. The molecule has 8 nitrogen and oxygen atoms in total. The Morgan fingerprint density at radius 1 is 0.978 bits per heavy atom. The Morgan fingerprint density at radius 2 is 1.63 bits per heavy atom. The average Bonchev–Trinajstić information content (AvgIpc) is 3.31. The van der Waals surface area contributed by atoms with Crippen molar-refractivity contribution in [3.63, 3.8) is 0 Å². The summed E-state index contributed by atoms with van der Waals surface area (Å²) in [6.07, 6.45) is -2.68. The fourth-order valence-corrected chi connectivity index (χ4v) is 7.94. The van der Waals surface area contributed by atoms with Gasteiger partial charge in [-0.05, 0) is 84.1 Å². The molecule has 5 rings (SSSR count). The molecule has 248 valence electrons. The van der Waals surface area contributed by atoms with E-state index in [-0.39, 0.29) is 35.0 Å². The van der Waals surface area contributed by atoms with E-state index in [1.165, 1.54) is 10.4 Å². The summed E-state index contributed by atoms with van der Waals surface area (Å²) in [4.78, 5) is 18.9. The molecule has 0 radical (unpaired) electrons. The zero-order valence-electron chi connectivity index (χ0n) is 26.8. The maximum absolute atomic E-state index is 13.4. The minimum Gasteiger partial charge on any atom is -0.415 e. The molecule has 1 fully saturated rings. The molecule has 2 aliphatic rings. The molecule has 46 heavy (non-hydrogen) atoms. The third kappa shape index (κ3) is 7.32. The minimum atomic E-state index is -4.45. The molecule has 3 aromatic rings. The molecule has 0 spiro atoms. The van der Waals surface area contributed by atoms with Crippen molar-refractivity contribution in [2.24, 2.45) is 0 Å². The summed E-state index contributed by atoms with van der Waals surface area (Å²) in [6.45, 7) is 13.1. The predicted octanol–water partition coefficient (Wildman–Crippen LogP) is 7.01. The first-order valence-corrected chi connectivity index (χ1v) is 19.8. The zero-order chi connectivity index (χ0) is 33.5. The van der Waals surface area contributed by atoms with Crippen LogP contribution < -0.4 is 5.32 Å². The molecular formula is C33H41F3N4O4SSi. The molecule has 1 aromatic heterocycles. The number of fused-ring (bicyclic) bond motifs is 1. The van der Waals surface area contributed by atoms with Crippen LogP contribution in [0, 0.1) is 0 Å². The average molecular weight is 675 g/mol. The number of sulfonamides is 1. The second kappa shape index (κ2) is 12.7. The smallest absolute Gasteiger partial charge is 0.415 e. The zero-order valence-corrected chi connectivity index (χ0v) is 28.6. The number of alkyl halides is 3. The van der Waals surface area contributed by atoms with E-state index in [9.17, 15) is 26.4 Å². The van der Waals surface area contributed by atoms with Crippen LogP contribution in [0.1, 0.15) is 55.1 Å². The number of anilines is 1. The van der Waals surface area contributed by atoms with Crippen molar-refractivity contribution in [2.45, 2.75) is 75.4 Å². The number of carbonyl (C=O) groups is 1. The Hall–Kier alpha value is -3.26. The van der Waals surface area contributed by atoms with Gasteiger partial charge < -0.3 is 14.6 Å². The molecule has 2 aliphatic heterocycles. The van der Waals surface area contributed by atoms with Crippen LogP contribution in [0.25, 0.3) is 11.1 Å². The molecule has 2 aromatic carbocycles. The maximum atomic E-state index is 13.4. The highest BCUT2D eigenvalue weighted by Gasteiger charge is 2.38. The van der Waals surface area contributed by atoms with E-state index in [2.05, 4.69) is 44.2 Å².